The first kappa shape index (κ1) is 44.5. The number of fused-ring (bicyclic) bond motifs is 9. The van der Waals surface area contributed by atoms with Crippen molar-refractivity contribution in [1.29, 1.82) is 0 Å². The fraction of sp³-hybridized carbons (Fsp3) is 0.429. The van der Waals surface area contributed by atoms with Crippen molar-refractivity contribution >= 4 is 98.6 Å². The number of aliphatic hydroxyl groups excluding tert-OH is 3. The van der Waals surface area contributed by atoms with Crippen LogP contribution in [0.2, 0.25) is 0 Å². The molecule has 7 bridgehead atoms. The highest BCUT2D eigenvalue weighted by molar-refractivity contribution is 9.13. The van der Waals surface area contributed by atoms with Crippen LogP contribution < -0.4 is 30.2 Å². The molecule has 7 rings (SSSR count). The highest BCUT2D eigenvalue weighted by atomic mass is 79.9. The number of hydrogen-bond acceptors (Lipinski definition) is 17. The Bertz CT molecular complexity index is 2140. The lowest BCUT2D eigenvalue weighted by Crippen LogP contribution is -2.62. The monoisotopic (exact) mass is 1080 g/mol. The summed E-state index contributed by atoms with van der Waals surface area (Å²) in [5, 5.41) is 92.4. The third-order valence-electron chi connectivity index (χ3n) is 9.63. The summed E-state index contributed by atoms with van der Waals surface area (Å²) in [6.07, 6.45) is -5.62. The zero-order chi connectivity index (χ0) is 42.8. The summed E-state index contributed by atoms with van der Waals surface area (Å²) < 4.78 is 19.4. The van der Waals surface area contributed by atoms with Crippen molar-refractivity contribution < 1.29 is 69.4 Å². The van der Waals surface area contributed by atoms with Crippen molar-refractivity contribution in [2.24, 2.45) is 15.5 Å². The molecule has 0 saturated carbocycles. The van der Waals surface area contributed by atoms with Gasteiger partial charge in [-0.3, -0.25) is 14.4 Å². The fourth-order valence-electron chi connectivity index (χ4n) is 6.45. The van der Waals surface area contributed by atoms with Gasteiger partial charge in [-0.2, -0.15) is 0 Å². The third kappa shape index (κ3) is 9.33. The molecular formula is C35H36Br4N6O14. The standard InChI is InChI=1S/C35H36Br4N6O14/c36-16-6-14-7-17(43-54)31(50)40-4-1-5-56-28-20(46)10-15(24(37)25(28)38)9-18-32(51)41-12-21(47)26(49)22(48)13-42-33(52)19(44-55)11-34(53)2-3-35(29(39)30(34)59-45-18)57-23(8-14)27(16)58-35/h2-3,6,8,10,21-22,26,29-30,46-49,53-55H,1,4-5,7,9,11-13H2,(H,40,50)(H,41,51)(H,42,52)/b43-17+,44-19-,45-18+/t21-,22-,26-,29+,30-,34-,35+/m1/s1. The van der Waals surface area contributed by atoms with E-state index in [0.717, 1.165) is 6.08 Å². The molecule has 24 heteroatoms. The number of alkyl halides is 1. The maximum absolute atomic E-state index is 13.8. The van der Waals surface area contributed by atoms with Gasteiger partial charge in [-0.05, 0) is 95.7 Å². The number of ether oxygens (including phenoxy) is 3. The number of halogens is 4. The van der Waals surface area contributed by atoms with Crippen molar-refractivity contribution in [2.45, 2.75) is 66.3 Å². The van der Waals surface area contributed by atoms with E-state index in [1.165, 1.54) is 12.1 Å². The Hall–Kier alpha value is -4.04. The second-order valence-electron chi connectivity index (χ2n) is 13.8. The minimum Gasteiger partial charge on any atom is -0.504 e. The summed E-state index contributed by atoms with van der Waals surface area (Å²) >= 11 is 13.8. The van der Waals surface area contributed by atoms with E-state index >= 15 is 0 Å². The predicted octanol–water partition coefficient (Wildman–Crippen LogP) is 1.02. The van der Waals surface area contributed by atoms with E-state index in [1.54, 1.807) is 12.1 Å². The van der Waals surface area contributed by atoms with Crippen LogP contribution in [0.3, 0.4) is 0 Å². The molecule has 0 fully saturated rings. The summed E-state index contributed by atoms with van der Waals surface area (Å²) in [6.45, 7) is -1.15. The Kier molecular flexibility index (Phi) is 13.8. The summed E-state index contributed by atoms with van der Waals surface area (Å²) in [5.41, 5.74) is -2.89. The summed E-state index contributed by atoms with van der Waals surface area (Å²) in [7, 11) is 0. The number of carbonyl (C=O) groups is 3. The van der Waals surface area contributed by atoms with Gasteiger partial charge in [-0.1, -0.05) is 31.4 Å². The number of phenols is 1. The van der Waals surface area contributed by atoms with Gasteiger partial charge in [0.05, 0.1) is 27.8 Å². The summed E-state index contributed by atoms with van der Waals surface area (Å²) in [6, 6.07) is 4.43. The number of aromatic hydroxyl groups is 1. The van der Waals surface area contributed by atoms with Crippen LogP contribution in [0.15, 0.2) is 59.2 Å². The SMILES string of the molecule is O=C1NC[C@@H](O)[C@H](O)[C@H](O)CNC(=O)/C2=N/O[C@@H]3[C@H](Br)[C@@]4(C=C[C@@]3(O)C/C1=N/O)Oc1cc(cc(Br)c1O4)C/C(=N\O)C(=O)NCCCOc1c(O)cc(c(Br)c1Br)C2. The lowest BCUT2D eigenvalue weighted by molar-refractivity contribution is -0.141. The number of phenolic OH excluding ortho intramolecular Hbond substituents is 1. The summed E-state index contributed by atoms with van der Waals surface area (Å²) in [5.74, 6) is -4.53. The first-order valence-corrected chi connectivity index (χ1v) is 20.9. The average Bonchev–Trinajstić information content (AvgIpc) is 3.60. The number of rotatable bonds is 0. The number of oxime groups is 3. The van der Waals surface area contributed by atoms with Crippen molar-refractivity contribution in [3.8, 4) is 23.0 Å². The molecule has 3 amide bonds. The molecule has 4 aliphatic heterocycles. The van der Waals surface area contributed by atoms with Crippen LogP contribution in [0.25, 0.3) is 0 Å². The molecule has 20 nitrogen and oxygen atoms in total. The lowest BCUT2D eigenvalue weighted by atomic mass is 9.81. The van der Waals surface area contributed by atoms with E-state index in [4.69, 9.17) is 19.0 Å². The van der Waals surface area contributed by atoms with Gasteiger partial charge in [0.2, 0.25) is 0 Å². The minimum atomic E-state index is -2.30. The third-order valence-corrected chi connectivity index (χ3v) is 13.5. The van der Waals surface area contributed by atoms with E-state index in [2.05, 4.69) is 95.1 Å². The lowest BCUT2D eigenvalue weighted by Gasteiger charge is -2.43. The molecule has 4 heterocycles. The van der Waals surface area contributed by atoms with Crippen molar-refractivity contribution in [3.63, 3.8) is 0 Å². The molecule has 2 aromatic rings. The first-order valence-electron chi connectivity index (χ1n) is 17.6. The Balaban J connectivity index is 1.49. The second-order valence-corrected chi connectivity index (χ2v) is 17.2. The second kappa shape index (κ2) is 18.3. The Morgan fingerprint density at radius 3 is 2.20 bits per heavy atom. The predicted molar refractivity (Wildman–Crippen MR) is 218 cm³/mol. The van der Waals surface area contributed by atoms with Gasteiger partial charge in [-0.15, -0.1) is 0 Å². The van der Waals surface area contributed by atoms with E-state index in [-0.39, 0.29) is 71.2 Å². The number of nitrogens with zero attached hydrogens (tertiary/aromatic N) is 3. The molecule has 7 atom stereocenters. The van der Waals surface area contributed by atoms with Crippen molar-refractivity contribution in [3.05, 3.63) is 54.9 Å². The molecule has 10 N–H and O–H groups in total. The van der Waals surface area contributed by atoms with Gasteiger partial charge in [-0.25, -0.2) is 0 Å². The van der Waals surface area contributed by atoms with E-state index in [9.17, 15) is 50.3 Å². The van der Waals surface area contributed by atoms with Crippen LogP contribution >= 0.6 is 63.7 Å². The number of aliphatic hydroxyl groups is 4. The van der Waals surface area contributed by atoms with Gasteiger partial charge >= 0.3 is 0 Å². The Morgan fingerprint density at radius 1 is 0.831 bits per heavy atom. The van der Waals surface area contributed by atoms with Crippen molar-refractivity contribution in [2.75, 3.05) is 26.2 Å². The smallest absolute Gasteiger partial charge is 0.287 e. The molecule has 0 radical (unpaired) electrons. The zero-order valence-electron chi connectivity index (χ0n) is 30.3. The van der Waals surface area contributed by atoms with Crippen molar-refractivity contribution in [1.82, 2.24) is 16.0 Å². The van der Waals surface area contributed by atoms with Crippen LogP contribution in [0.1, 0.15) is 24.0 Å². The Morgan fingerprint density at radius 2 is 1.51 bits per heavy atom. The minimum absolute atomic E-state index is 0.0152. The van der Waals surface area contributed by atoms with E-state index in [1.807, 2.05) is 0 Å². The van der Waals surface area contributed by atoms with Gasteiger partial charge in [0.25, 0.3) is 23.5 Å². The number of amides is 3. The van der Waals surface area contributed by atoms with Crippen LogP contribution in [0, 0.1) is 0 Å². The Labute approximate surface area is 367 Å². The molecule has 5 aliphatic rings. The van der Waals surface area contributed by atoms with Crippen LogP contribution in [0.5, 0.6) is 23.0 Å². The molecule has 2 aromatic carbocycles. The van der Waals surface area contributed by atoms with Gasteiger partial charge in [0, 0.05) is 43.4 Å². The van der Waals surface area contributed by atoms with E-state index in [0.29, 0.717) is 14.5 Å². The molecule has 59 heavy (non-hydrogen) atoms. The fourth-order valence-corrected chi connectivity index (χ4v) is 8.92. The number of nitrogens with one attached hydrogen (secondary N) is 3. The molecule has 318 valence electrons. The number of carbonyl (C=O) groups excluding carboxylic acids is 3. The molecule has 1 aliphatic carbocycles. The number of benzene rings is 2. The average molecular weight is 1080 g/mol. The molecule has 0 aromatic heterocycles. The molecular weight excluding hydrogens is 1050 g/mol. The van der Waals surface area contributed by atoms with Gasteiger partial charge in [0.1, 0.15) is 33.7 Å². The topological polar surface area (TPSA) is 303 Å². The quantitative estimate of drug-likeness (QED) is 0.0763. The number of β-amino-alcohol motifs (C(OH)–C–C–N with tert-alkyl or cyclic N) is 2. The highest BCUT2D eigenvalue weighted by Gasteiger charge is 2.60. The maximum Gasteiger partial charge on any atom is 0.287 e. The van der Waals surface area contributed by atoms with Crippen LogP contribution in [0.4, 0.5) is 0 Å². The van der Waals surface area contributed by atoms with Crippen LogP contribution in [-0.2, 0) is 32.1 Å². The van der Waals surface area contributed by atoms with E-state index < -0.39 is 89.3 Å². The molecule has 0 saturated heterocycles. The first-order chi connectivity index (χ1) is 28.0. The molecule has 0 unspecified atom stereocenters. The van der Waals surface area contributed by atoms with Crippen LogP contribution in [-0.4, -0.2) is 138 Å². The number of hydrogen-bond donors (Lipinski definition) is 10. The maximum atomic E-state index is 13.8. The summed E-state index contributed by atoms with van der Waals surface area (Å²) in [4.78, 5) is 44.7. The largest absolute Gasteiger partial charge is 0.504 e. The van der Waals surface area contributed by atoms with Gasteiger partial charge in [0.15, 0.2) is 29.1 Å². The highest BCUT2D eigenvalue weighted by Crippen LogP contribution is 2.52. The normalized spacial score (nSPS) is 31.7. The molecule has 1 spiro atoms. The van der Waals surface area contributed by atoms with Gasteiger partial charge < -0.3 is 70.9 Å². The zero-order valence-corrected chi connectivity index (χ0v) is 36.6.